The third kappa shape index (κ3) is 5.33. The molecule has 2 atom stereocenters. The average molecular weight is 499 g/mol. The lowest BCUT2D eigenvalue weighted by molar-refractivity contribution is -0.138. The molecule has 0 spiro atoms. The van der Waals surface area contributed by atoms with Gasteiger partial charge in [0, 0.05) is 25.2 Å². The molecule has 2 saturated heterocycles. The summed E-state index contributed by atoms with van der Waals surface area (Å²) >= 11 is 0. The van der Waals surface area contributed by atoms with Crippen LogP contribution in [0.15, 0.2) is 78.9 Å². The largest absolute Gasteiger partial charge is 0.497 e. The normalized spacial score (nSPS) is 20.2. The van der Waals surface area contributed by atoms with E-state index in [2.05, 4.69) is 24.3 Å². The molecule has 2 amide bonds. The number of benzene rings is 3. The van der Waals surface area contributed by atoms with E-state index in [-0.39, 0.29) is 24.3 Å². The summed E-state index contributed by atoms with van der Waals surface area (Å²) < 4.78 is 10.6. The van der Waals surface area contributed by atoms with E-state index in [1.54, 1.807) is 19.1 Å². The maximum atomic E-state index is 13.9. The Morgan fingerprint density at radius 1 is 0.838 bits per heavy atom. The number of anilines is 1. The number of nitrogens with zero attached hydrogens (tertiary/aromatic N) is 2. The van der Waals surface area contributed by atoms with Crippen molar-refractivity contribution in [3.63, 3.8) is 0 Å². The van der Waals surface area contributed by atoms with Gasteiger partial charge in [0.25, 0.3) is 0 Å². The van der Waals surface area contributed by atoms with Crippen molar-refractivity contribution >= 4 is 17.5 Å². The predicted octanol–water partition coefficient (Wildman–Crippen LogP) is 5.28. The Balaban J connectivity index is 1.36. The number of methoxy groups -OCH3 is 2. The number of amides is 2. The van der Waals surface area contributed by atoms with Gasteiger partial charge in [-0.3, -0.25) is 9.59 Å². The lowest BCUT2D eigenvalue weighted by Crippen LogP contribution is -2.43. The molecule has 37 heavy (non-hydrogen) atoms. The Kier molecular flexibility index (Phi) is 7.45. The van der Waals surface area contributed by atoms with E-state index < -0.39 is 5.92 Å². The predicted molar refractivity (Wildman–Crippen MR) is 144 cm³/mol. The summed E-state index contributed by atoms with van der Waals surface area (Å²) in [5.41, 5.74) is 3.05. The fourth-order valence-electron chi connectivity index (χ4n) is 5.72. The quantitative estimate of drug-likeness (QED) is 0.445. The first-order chi connectivity index (χ1) is 18.1. The molecule has 0 N–H and O–H groups in total. The lowest BCUT2D eigenvalue weighted by atomic mass is 9.88. The van der Waals surface area contributed by atoms with Gasteiger partial charge >= 0.3 is 0 Å². The first-order valence-corrected chi connectivity index (χ1v) is 13.0. The van der Waals surface area contributed by atoms with Crippen LogP contribution in [0.4, 0.5) is 5.69 Å². The molecule has 2 heterocycles. The minimum absolute atomic E-state index is 0.0386. The minimum atomic E-state index is -0.436. The van der Waals surface area contributed by atoms with Crippen molar-refractivity contribution in [3.8, 4) is 11.5 Å². The van der Waals surface area contributed by atoms with Crippen molar-refractivity contribution < 1.29 is 19.1 Å². The molecule has 2 fully saturated rings. The van der Waals surface area contributed by atoms with Gasteiger partial charge in [-0.2, -0.15) is 0 Å². The van der Waals surface area contributed by atoms with Crippen molar-refractivity contribution in [1.82, 2.24) is 4.90 Å². The molecule has 192 valence electrons. The highest BCUT2D eigenvalue weighted by Crippen LogP contribution is 2.43. The minimum Gasteiger partial charge on any atom is -0.497 e. The number of carbonyl (C=O) groups excluding carboxylic acids is 2. The molecule has 0 bridgehead atoms. The maximum absolute atomic E-state index is 13.9. The Bertz CT molecular complexity index is 1200. The number of hydrogen-bond donors (Lipinski definition) is 0. The molecular weight excluding hydrogens is 464 g/mol. The van der Waals surface area contributed by atoms with E-state index in [0.29, 0.717) is 5.92 Å². The van der Waals surface area contributed by atoms with E-state index in [4.69, 9.17) is 9.47 Å². The van der Waals surface area contributed by atoms with Crippen LogP contribution in [0.1, 0.15) is 36.4 Å². The van der Waals surface area contributed by atoms with E-state index >= 15 is 0 Å². The summed E-state index contributed by atoms with van der Waals surface area (Å²) in [5.74, 6) is 1.64. The number of rotatable bonds is 7. The molecule has 2 aliphatic heterocycles. The Morgan fingerprint density at radius 2 is 1.43 bits per heavy atom. The van der Waals surface area contributed by atoms with Crippen LogP contribution >= 0.6 is 0 Å². The topological polar surface area (TPSA) is 59.1 Å². The van der Waals surface area contributed by atoms with E-state index in [1.807, 2.05) is 59.5 Å². The highest BCUT2D eigenvalue weighted by Gasteiger charge is 2.46. The van der Waals surface area contributed by atoms with Crippen LogP contribution in [-0.4, -0.2) is 44.0 Å². The number of carbonyl (C=O) groups is 2. The van der Waals surface area contributed by atoms with Gasteiger partial charge in [-0.15, -0.1) is 0 Å². The van der Waals surface area contributed by atoms with Crippen LogP contribution in [-0.2, 0) is 16.0 Å². The van der Waals surface area contributed by atoms with Gasteiger partial charge in [-0.25, -0.2) is 0 Å². The van der Waals surface area contributed by atoms with E-state index in [1.165, 1.54) is 5.56 Å². The summed E-state index contributed by atoms with van der Waals surface area (Å²) in [6.07, 6.45) is 3.21. The summed E-state index contributed by atoms with van der Waals surface area (Å²) in [7, 11) is 3.25. The number of ether oxygens (including phenoxy) is 2. The maximum Gasteiger partial charge on any atom is 0.228 e. The molecule has 0 aromatic heterocycles. The fraction of sp³-hybridized carbons (Fsp3) is 0.355. The Hall–Kier alpha value is -3.80. The van der Waals surface area contributed by atoms with Gasteiger partial charge in [-0.05, 0) is 72.7 Å². The van der Waals surface area contributed by atoms with Gasteiger partial charge in [0.15, 0.2) is 0 Å². The number of likely N-dealkylation sites (tertiary alicyclic amines) is 1. The molecule has 0 aliphatic carbocycles. The van der Waals surface area contributed by atoms with Crippen molar-refractivity contribution in [2.24, 2.45) is 11.8 Å². The molecular formula is C31H34N2O4. The number of hydrogen-bond acceptors (Lipinski definition) is 4. The third-order valence-corrected chi connectivity index (χ3v) is 7.74. The molecule has 3 aromatic rings. The van der Waals surface area contributed by atoms with Crippen molar-refractivity contribution in [1.29, 1.82) is 0 Å². The SMILES string of the molecule is COc1ccc([C@@H]2[C@H](C(=O)N3CCC(Cc4ccccc4)CC3)CC(=O)N2c2ccc(OC)cc2)cc1. The van der Waals surface area contributed by atoms with Crippen molar-refractivity contribution in [3.05, 3.63) is 90.0 Å². The third-order valence-electron chi connectivity index (χ3n) is 7.74. The highest BCUT2D eigenvalue weighted by atomic mass is 16.5. The lowest BCUT2D eigenvalue weighted by Gasteiger charge is -2.36. The van der Waals surface area contributed by atoms with Crippen LogP contribution in [0.25, 0.3) is 0 Å². The molecule has 3 aromatic carbocycles. The zero-order chi connectivity index (χ0) is 25.8. The average Bonchev–Trinajstić information content (AvgIpc) is 3.30. The fourth-order valence-corrected chi connectivity index (χ4v) is 5.72. The molecule has 0 unspecified atom stereocenters. The Morgan fingerprint density at radius 3 is 2.03 bits per heavy atom. The van der Waals surface area contributed by atoms with Gasteiger partial charge in [0.05, 0.1) is 26.2 Å². The summed E-state index contributed by atoms with van der Waals surface area (Å²) in [5, 5.41) is 0. The summed E-state index contributed by atoms with van der Waals surface area (Å²) in [6, 6.07) is 25.4. The van der Waals surface area contributed by atoms with Crippen LogP contribution < -0.4 is 14.4 Å². The second kappa shape index (κ2) is 11.1. The number of piperidine rings is 1. The smallest absolute Gasteiger partial charge is 0.228 e. The Labute approximate surface area is 218 Å². The van der Waals surface area contributed by atoms with Gasteiger partial charge in [-0.1, -0.05) is 42.5 Å². The van der Waals surface area contributed by atoms with Crippen LogP contribution in [0.2, 0.25) is 0 Å². The van der Waals surface area contributed by atoms with Crippen LogP contribution in [0.3, 0.4) is 0 Å². The van der Waals surface area contributed by atoms with Crippen molar-refractivity contribution in [2.45, 2.75) is 31.7 Å². The van der Waals surface area contributed by atoms with Crippen LogP contribution in [0.5, 0.6) is 11.5 Å². The summed E-state index contributed by atoms with van der Waals surface area (Å²) in [4.78, 5) is 31.0. The molecule has 5 rings (SSSR count). The molecule has 0 radical (unpaired) electrons. The van der Waals surface area contributed by atoms with Gasteiger partial charge in [0.1, 0.15) is 11.5 Å². The second-order valence-electron chi connectivity index (χ2n) is 9.95. The monoisotopic (exact) mass is 498 g/mol. The standard InChI is InChI=1S/C31H34N2O4/c1-36-26-12-8-24(9-13-26)30-28(21-29(34)33(30)25-10-14-27(37-2)15-11-25)31(35)32-18-16-23(17-19-32)20-22-6-4-3-5-7-22/h3-15,23,28,30H,16-21H2,1-2H3/t28-,30-/m1/s1. The first-order valence-electron chi connectivity index (χ1n) is 13.0. The molecule has 0 saturated carbocycles. The summed E-state index contributed by atoms with van der Waals surface area (Å²) in [6.45, 7) is 1.47. The van der Waals surface area contributed by atoms with E-state index in [0.717, 1.165) is 55.1 Å². The molecule has 6 nitrogen and oxygen atoms in total. The van der Waals surface area contributed by atoms with Crippen LogP contribution in [0, 0.1) is 11.8 Å². The van der Waals surface area contributed by atoms with Gasteiger partial charge < -0.3 is 19.3 Å². The second-order valence-corrected chi connectivity index (χ2v) is 9.95. The van der Waals surface area contributed by atoms with Gasteiger partial charge in [0.2, 0.25) is 11.8 Å². The first kappa shape index (κ1) is 24.9. The molecule has 2 aliphatic rings. The van der Waals surface area contributed by atoms with Crippen molar-refractivity contribution in [2.75, 3.05) is 32.2 Å². The molecule has 6 heteroatoms. The highest BCUT2D eigenvalue weighted by molar-refractivity contribution is 6.01. The zero-order valence-electron chi connectivity index (χ0n) is 21.5. The van der Waals surface area contributed by atoms with E-state index in [9.17, 15) is 9.59 Å². The zero-order valence-corrected chi connectivity index (χ0v) is 21.5.